The molecule has 1 heterocycles. The summed E-state index contributed by atoms with van der Waals surface area (Å²) in [6.45, 7) is 4.17. The lowest BCUT2D eigenvalue weighted by Crippen LogP contribution is -1.97. The van der Waals surface area contributed by atoms with Gasteiger partial charge < -0.3 is 0 Å². The van der Waals surface area contributed by atoms with Crippen LogP contribution in [0, 0.1) is 13.8 Å². The van der Waals surface area contributed by atoms with Crippen molar-refractivity contribution in [3.63, 3.8) is 0 Å². The van der Waals surface area contributed by atoms with Crippen molar-refractivity contribution in [3.8, 4) is 0 Å². The first-order chi connectivity index (χ1) is 8.00. The molecular formula is C13H11BrCl2S. The van der Waals surface area contributed by atoms with Crippen LogP contribution in [0.5, 0.6) is 0 Å². The van der Waals surface area contributed by atoms with E-state index in [1.165, 1.54) is 28.0 Å². The highest BCUT2D eigenvalue weighted by Gasteiger charge is 2.18. The lowest BCUT2D eigenvalue weighted by Gasteiger charge is -2.14. The van der Waals surface area contributed by atoms with Gasteiger partial charge in [-0.3, -0.25) is 0 Å². The molecule has 0 aliphatic rings. The second kappa shape index (κ2) is 5.31. The summed E-state index contributed by atoms with van der Waals surface area (Å²) < 4.78 is 1.66. The van der Waals surface area contributed by atoms with E-state index in [-0.39, 0.29) is 5.38 Å². The van der Waals surface area contributed by atoms with Crippen molar-refractivity contribution in [2.45, 2.75) is 19.2 Å². The highest BCUT2D eigenvalue weighted by Crippen LogP contribution is 2.41. The van der Waals surface area contributed by atoms with Crippen LogP contribution in [0.15, 0.2) is 28.7 Å². The zero-order chi connectivity index (χ0) is 12.6. The number of halogens is 3. The van der Waals surface area contributed by atoms with Crippen LogP contribution in [0.2, 0.25) is 4.34 Å². The molecule has 0 spiro atoms. The SMILES string of the molecule is Cc1cccc(C)c1C(Cl)c1cc(Br)c(Cl)s1. The van der Waals surface area contributed by atoms with Crippen LogP contribution in [0.1, 0.15) is 26.9 Å². The van der Waals surface area contributed by atoms with Crippen molar-refractivity contribution >= 4 is 50.5 Å². The molecule has 0 radical (unpaired) electrons. The Morgan fingerprint density at radius 3 is 2.29 bits per heavy atom. The first-order valence-corrected chi connectivity index (χ1v) is 7.58. The average molecular weight is 350 g/mol. The van der Waals surface area contributed by atoms with Crippen LogP contribution in [-0.4, -0.2) is 0 Å². The third-order valence-electron chi connectivity index (χ3n) is 2.71. The number of hydrogen-bond acceptors (Lipinski definition) is 1. The third kappa shape index (κ3) is 2.70. The highest BCUT2D eigenvalue weighted by molar-refractivity contribution is 9.10. The van der Waals surface area contributed by atoms with E-state index in [9.17, 15) is 0 Å². The molecule has 1 atom stereocenters. The van der Waals surface area contributed by atoms with E-state index in [1.54, 1.807) is 0 Å². The highest BCUT2D eigenvalue weighted by atomic mass is 79.9. The van der Waals surface area contributed by atoms with Crippen molar-refractivity contribution in [2.75, 3.05) is 0 Å². The van der Waals surface area contributed by atoms with Gasteiger partial charge in [0.2, 0.25) is 0 Å². The summed E-state index contributed by atoms with van der Waals surface area (Å²) in [5.74, 6) is 0. The molecule has 0 aliphatic carbocycles. The van der Waals surface area contributed by atoms with Gasteiger partial charge >= 0.3 is 0 Å². The second-order valence-electron chi connectivity index (χ2n) is 3.94. The number of alkyl halides is 1. The molecule has 0 N–H and O–H groups in total. The van der Waals surface area contributed by atoms with Crippen LogP contribution in [0.3, 0.4) is 0 Å². The zero-order valence-corrected chi connectivity index (χ0v) is 13.3. The standard InChI is InChI=1S/C13H11BrCl2S/c1-7-4-3-5-8(2)11(7)12(15)10-6-9(14)13(16)17-10/h3-6,12H,1-2H3. The molecule has 2 aromatic rings. The van der Waals surface area contributed by atoms with Crippen molar-refractivity contribution < 1.29 is 0 Å². The molecule has 1 aromatic heterocycles. The molecule has 4 heteroatoms. The number of rotatable bonds is 2. The molecule has 90 valence electrons. The summed E-state index contributed by atoms with van der Waals surface area (Å²) in [5, 5.41) is -0.134. The van der Waals surface area contributed by atoms with Gasteiger partial charge in [0.05, 0.1) is 5.38 Å². The number of aryl methyl sites for hydroxylation is 2. The molecule has 1 unspecified atom stereocenters. The van der Waals surface area contributed by atoms with E-state index in [2.05, 4.69) is 48.0 Å². The molecular weight excluding hydrogens is 339 g/mol. The van der Waals surface area contributed by atoms with Crippen LogP contribution in [0.4, 0.5) is 0 Å². The summed E-state index contributed by atoms with van der Waals surface area (Å²) in [7, 11) is 0. The second-order valence-corrected chi connectivity index (χ2v) is 6.92. The maximum absolute atomic E-state index is 6.56. The van der Waals surface area contributed by atoms with Gasteiger partial charge in [-0.2, -0.15) is 0 Å². The fraction of sp³-hybridized carbons (Fsp3) is 0.231. The zero-order valence-electron chi connectivity index (χ0n) is 9.43. The van der Waals surface area contributed by atoms with Crippen molar-refractivity contribution in [2.24, 2.45) is 0 Å². The van der Waals surface area contributed by atoms with Crippen molar-refractivity contribution in [1.29, 1.82) is 0 Å². The minimum absolute atomic E-state index is 0.134. The fourth-order valence-corrected chi connectivity index (χ4v) is 4.12. The largest absolute Gasteiger partial charge is 0.125 e. The Bertz CT molecular complexity index is 509. The summed E-state index contributed by atoms with van der Waals surface area (Å²) in [6, 6.07) is 8.22. The Hall–Kier alpha value is -0.0200. The van der Waals surface area contributed by atoms with Gasteiger partial charge in [-0.05, 0) is 52.5 Å². The van der Waals surface area contributed by atoms with E-state index in [0.717, 1.165) is 13.7 Å². The summed E-state index contributed by atoms with van der Waals surface area (Å²) in [4.78, 5) is 1.07. The lowest BCUT2D eigenvalue weighted by atomic mass is 9.99. The number of benzene rings is 1. The Morgan fingerprint density at radius 1 is 1.24 bits per heavy atom. The van der Waals surface area contributed by atoms with E-state index >= 15 is 0 Å². The predicted molar refractivity (Wildman–Crippen MR) is 80.6 cm³/mol. The monoisotopic (exact) mass is 348 g/mol. The van der Waals surface area contributed by atoms with E-state index in [1.807, 2.05) is 6.07 Å². The normalized spacial score (nSPS) is 12.8. The molecule has 0 fully saturated rings. The summed E-state index contributed by atoms with van der Waals surface area (Å²) >= 11 is 17.5. The first kappa shape index (κ1) is 13.4. The van der Waals surface area contributed by atoms with E-state index in [4.69, 9.17) is 23.2 Å². The Morgan fingerprint density at radius 2 is 1.82 bits per heavy atom. The first-order valence-electron chi connectivity index (χ1n) is 5.15. The Balaban J connectivity index is 2.47. The Labute approximate surface area is 124 Å². The molecule has 0 saturated heterocycles. The molecule has 0 bridgehead atoms. The topological polar surface area (TPSA) is 0 Å². The van der Waals surface area contributed by atoms with Crippen LogP contribution >= 0.6 is 50.5 Å². The van der Waals surface area contributed by atoms with Gasteiger partial charge in [-0.25, -0.2) is 0 Å². The van der Waals surface area contributed by atoms with Gasteiger partial charge in [0.1, 0.15) is 4.34 Å². The molecule has 0 amide bonds. The summed E-state index contributed by atoms with van der Waals surface area (Å²) in [6.07, 6.45) is 0. The fourth-order valence-electron chi connectivity index (χ4n) is 1.86. The molecule has 0 nitrogen and oxygen atoms in total. The van der Waals surface area contributed by atoms with Gasteiger partial charge in [0.25, 0.3) is 0 Å². The minimum atomic E-state index is -0.134. The quantitative estimate of drug-likeness (QED) is 0.574. The molecule has 0 aliphatic heterocycles. The van der Waals surface area contributed by atoms with Crippen LogP contribution in [0.25, 0.3) is 0 Å². The maximum atomic E-state index is 6.56. The predicted octanol–water partition coefficient (Wildman–Crippen LogP) is 6.11. The molecule has 2 rings (SSSR count). The maximum Gasteiger partial charge on any atom is 0.107 e. The van der Waals surface area contributed by atoms with Gasteiger partial charge in [-0.15, -0.1) is 22.9 Å². The number of hydrogen-bond donors (Lipinski definition) is 0. The van der Waals surface area contributed by atoms with E-state index < -0.39 is 0 Å². The Kier molecular flexibility index (Phi) is 4.19. The average Bonchev–Trinajstić information content (AvgIpc) is 2.59. The van der Waals surface area contributed by atoms with Crippen LogP contribution < -0.4 is 0 Å². The summed E-state index contributed by atoms with van der Waals surface area (Å²) in [5.41, 5.74) is 3.61. The minimum Gasteiger partial charge on any atom is -0.125 e. The van der Waals surface area contributed by atoms with Crippen molar-refractivity contribution in [1.82, 2.24) is 0 Å². The molecule has 1 aromatic carbocycles. The smallest absolute Gasteiger partial charge is 0.107 e. The van der Waals surface area contributed by atoms with Gasteiger partial charge in [-0.1, -0.05) is 29.8 Å². The van der Waals surface area contributed by atoms with Gasteiger partial charge in [0.15, 0.2) is 0 Å². The van der Waals surface area contributed by atoms with Crippen molar-refractivity contribution in [3.05, 3.63) is 54.6 Å². The van der Waals surface area contributed by atoms with Gasteiger partial charge in [0, 0.05) is 9.35 Å². The third-order valence-corrected chi connectivity index (χ3v) is 5.83. The molecule has 17 heavy (non-hydrogen) atoms. The van der Waals surface area contributed by atoms with E-state index in [0.29, 0.717) is 0 Å². The molecule has 0 saturated carbocycles. The number of thiophene rings is 1. The van der Waals surface area contributed by atoms with Crippen LogP contribution in [-0.2, 0) is 0 Å². The lowest BCUT2D eigenvalue weighted by molar-refractivity contribution is 1.11.